The van der Waals surface area contributed by atoms with E-state index in [1.54, 1.807) is 19.1 Å². The number of nitrogens with one attached hydrogen (secondary N) is 1. The smallest absolute Gasteiger partial charge is 0.256 e. The standard InChI is InChI=1S/C15H12Cl2FNO/c1-8-3-6-12(16)14(13(8)17)19-15(20)11-5-4-10(18)7-9(11)2/h3-7H,1-2H3,(H,19,20). The second-order valence-corrected chi connectivity index (χ2v) is 5.25. The van der Waals surface area contributed by atoms with E-state index >= 15 is 0 Å². The van der Waals surface area contributed by atoms with Crippen molar-refractivity contribution < 1.29 is 9.18 Å². The zero-order chi connectivity index (χ0) is 14.9. The fourth-order valence-corrected chi connectivity index (χ4v) is 2.30. The van der Waals surface area contributed by atoms with Gasteiger partial charge in [0.1, 0.15) is 5.82 Å². The van der Waals surface area contributed by atoms with Crippen molar-refractivity contribution in [3.8, 4) is 0 Å². The van der Waals surface area contributed by atoms with Crippen molar-refractivity contribution in [2.45, 2.75) is 13.8 Å². The molecule has 0 aliphatic carbocycles. The summed E-state index contributed by atoms with van der Waals surface area (Å²) in [7, 11) is 0. The lowest BCUT2D eigenvalue weighted by molar-refractivity contribution is 0.102. The summed E-state index contributed by atoms with van der Waals surface area (Å²) >= 11 is 12.2. The highest BCUT2D eigenvalue weighted by Gasteiger charge is 2.15. The third-order valence-electron chi connectivity index (χ3n) is 2.96. The van der Waals surface area contributed by atoms with Gasteiger partial charge in [-0.25, -0.2) is 4.39 Å². The van der Waals surface area contributed by atoms with Crippen LogP contribution in [-0.4, -0.2) is 5.91 Å². The molecule has 0 heterocycles. The summed E-state index contributed by atoms with van der Waals surface area (Å²) < 4.78 is 13.0. The van der Waals surface area contributed by atoms with Crippen LogP contribution in [0.1, 0.15) is 21.5 Å². The van der Waals surface area contributed by atoms with Crippen LogP contribution in [0.15, 0.2) is 30.3 Å². The summed E-state index contributed by atoms with van der Waals surface area (Å²) in [6, 6.07) is 7.40. The molecule has 2 aromatic rings. The molecule has 20 heavy (non-hydrogen) atoms. The number of carbonyl (C=O) groups excluding carboxylic acids is 1. The predicted molar refractivity (Wildman–Crippen MR) is 80.3 cm³/mol. The quantitative estimate of drug-likeness (QED) is 0.830. The number of rotatable bonds is 2. The van der Waals surface area contributed by atoms with Crippen LogP contribution < -0.4 is 5.32 Å². The lowest BCUT2D eigenvalue weighted by Gasteiger charge is -2.12. The van der Waals surface area contributed by atoms with Crippen LogP contribution in [0.2, 0.25) is 10.0 Å². The number of amides is 1. The Labute approximate surface area is 126 Å². The van der Waals surface area contributed by atoms with E-state index in [0.717, 1.165) is 5.56 Å². The molecule has 2 aromatic carbocycles. The fourth-order valence-electron chi connectivity index (χ4n) is 1.83. The number of carbonyl (C=O) groups is 1. The molecule has 104 valence electrons. The van der Waals surface area contributed by atoms with E-state index in [4.69, 9.17) is 23.2 Å². The molecule has 2 nitrogen and oxygen atoms in total. The Morgan fingerprint density at radius 1 is 1.10 bits per heavy atom. The van der Waals surface area contributed by atoms with Gasteiger partial charge in [0.25, 0.3) is 5.91 Å². The highest BCUT2D eigenvalue weighted by atomic mass is 35.5. The van der Waals surface area contributed by atoms with Crippen molar-refractivity contribution >= 4 is 34.8 Å². The first-order valence-corrected chi connectivity index (χ1v) is 6.68. The molecule has 0 saturated heterocycles. The van der Waals surface area contributed by atoms with Gasteiger partial charge in [-0.2, -0.15) is 0 Å². The molecule has 0 bridgehead atoms. The lowest BCUT2D eigenvalue weighted by Crippen LogP contribution is -2.14. The van der Waals surface area contributed by atoms with Gasteiger partial charge in [0, 0.05) is 5.56 Å². The van der Waals surface area contributed by atoms with Crippen molar-refractivity contribution in [3.05, 3.63) is 62.9 Å². The number of halogens is 3. The third kappa shape index (κ3) is 2.94. The Morgan fingerprint density at radius 2 is 1.80 bits per heavy atom. The molecule has 0 aliphatic rings. The van der Waals surface area contributed by atoms with Gasteiger partial charge in [-0.05, 0) is 49.2 Å². The van der Waals surface area contributed by atoms with Gasteiger partial charge in [0.05, 0.1) is 15.7 Å². The Morgan fingerprint density at radius 3 is 2.45 bits per heavy atom. The maximum absolute atomic E-state index is 13.0. The molecule has 0 fully saturated rings. The van der Waals surface area contributed by atoms with Crippen molar-refractivity contribution in [3.63, 3.8) is 0 Å². The molecule has 1 amide bonds. The van der Waals surface area contributed by atoms with E-state index in [1.165, 1.54) is 18.2 Å². The normalized spacial score (nSPS) is 10.4. The molecular weight excluding hydrogens is 300 g/mol. The summed E-state index contributed by atoms with van der Waals surface area (Å²) in [6.45, 7) is 3.48. The summed E-state index contributed by atoms with van der Waals surface area (Å²) in [5.74, 6) is -0.762. The maximum atomic E-state index is 13.0. The van der Waals surface area contributed by atoms with Gasteiger partial charge >= 0.3 is 0 Å². The molecule has 0 atom stereocenters. The first-order chi connectivity index (χ1) is 9.40. The number of benzene rings is 2. The van der Waals surface area contributed by atoms with E-state index in [0.29, 0.717) is 26.9 Å². The van der Waals surface area contributed by atoms with Crippen LogP contribution >= 0.6 is 23.2 Å². The second-order valence-electron chi connectivity index (χ2n) is 4.47. The van der Waals surface area contributed by atoms with Gasteiger partial charge in [0.2, 0.25) is 0 Å². The van der Waals surface area contributed by atoms with E-state index in [1.807, 2.05) is 6.92 Å². The summed E-state index contributed by atoms with van der Waals surface area (Å²) in [4.78, 5) is 12.2. The number of hydrogen-bond acceptors (Lipinski definition) is 1. The Hall–Kier alpha value is -1.58. The molecule has 0 radical (unpaired) electrons. The Bertz CT molecular complexity index is 686. The van der Waals surface area contributed by atoms with Crippen molar-refractivity contribution in [1.29, 1.82) is 0 Å². The zero-order valence-corrected chi connectivity index (χ0v) is 12.4. The molecule has 0 unspecified atom stereocenters. The lowest BCUT2D eigenvalue weighted by atomic mass is 10.1. The molecule has 0 spiro atoms. The van der Waals surface area contributed by atoms with Crippen LogP contribution in [0, 0.1) is 19.7 Å². The summed E-state index contributed by atoms with van der Waals surface area (Å²) in [6.07, 6.45) is 0. The van der Waals surface area contributed by atoms with Crippen molar-refractivity contribution in [2.24, 2.45) is 0 Å². The largest absolute Gasteiger partial charge is 0.319 e. The van der Waals surface area contributed by atoms with Gasteiger partial charge in [0.15, 0.2) is 0 Å². The Balaban J connectivity index is 2.35. The highest BCUT2D eigenvalue weighted by Crippen LogP contribution is 2.33. The van der Waals surface area contributed by atoms with Crippen LogP contribution in [0.3, 0.4) is 0 Å². The first kappa shape index (κ1) is 14.8. The molecule has 0 aromatic heterocycles. The average Bonchev–Trinajstić information content (AvgIpc) is 2.39. The number of aryl methyl sites for hydroxylation is 2. The topological polar surface area (TPSA) is 29.1 Å². The molecule has 0 saturated carbocycles. The highest BCUT2D eigenvalue weighted by molar-refractivity contribution is 6.40. The summed E-state index contributed by atoms with van der Waals surface area (Å²) in [5, 5.41) is 3.42. The van der Waals surface area contributed by atoms with Crippen molar-refractivity contribution in [2.75, 3.05) is 5.32 Å². The maximum Gasteiger partial charge on any atom is 0.256 e. The SMILES string of the molecule is Cc1cc(F)ccc1C(=O)Nc1c(Cl)ccc(C)c1Cl. The zero-order valence-electron chi connectivity index (χ0n) is 10.9. The predicted octanol–water partition coefficient (Wildman–Crippen LogP) is 5.00. The van der Waals surface area contributed by atoms with E-state index in [9.17, 15) is 9.18 Å². The fraction of sp³-hybridized carbons (Fsp3) is 0.133. The Kier molecular flexibility index (Phi) is 4.31. The van der Waals surface area contributed by atoms with Gasteiger partial charge in [-0.3, -0.25) is 4.79 Å². The van der Waals surface area contributed by atoms with Crippen LogP contribution in [0.4, 0.5) is 10.1 Å². The molecule has 1 N–H and O–H groups in total. The van der Waals surface area contributed by atoms with Crippen LogP contribution in [0.25, 0.3) is 0 Å². The first-order valence-electron chi connectivity index (χ1n) is 5.92. The van der Waals surface area contributed by atoms with Gasteiger partial charge in [-0.15, -0.1) is 0 Å². The van der Waals surface area contributed by atoms with Gasteiger partial charge < -0.3 is 5.32 Å². The van der Waals surface area contributed by atoms with E-state index in [2.05, 4.69) is 5.32 Å². The minimum atomic E-state index is -0.384. The van der Waals surface area contributed by atoms with Gasteiger partial charge in [-0.1, -0.05) is 29.3 Å². The van der Waals surface area contributed by atoms with Crippen molar-refractivity contribution in [1.82, 2.24) is 0 Å². The molecular formula is C15H12Cl2FNO. The molecule has 2 rings (SSSR count). The van der Waals surface area contributed by atoms with E-state index < -0.39 is 0 Å². The van der Waals surface area contributed by atoms with E-state index in [-0.39, 0.29) is 11.7 Å². The molecule has 0 aliphatic heterocycles. The second kappa shape index (κ2) is 5.81. The summed E-state index contributed by atoms with van der Waals surface area (Å²) in [5.41, 5.74) is 2.09. The minimum Gasteiger partial charge on any atom is -0.319 e. The van der Waals surface area contributed by atoms with Crippen LogP contribution in [-0.2, 0) is 0 Å². The average molecular weight is 312 g/mol. The number of anilines is 1. The molecule has 5 heteroatoms. The monoisotopic (exact) mass is 311 g/mol. The van der Waals surface area contributed by atoms with Crippen LogP contribution in [0.5, 0.6) is 0 Å². The third-order valence-corrected chi connectivity index (χ3v) is 3.76. The number of hydrogen-bond donors (Lipinski definition) is 1. The minimum absolute atomic E-state index is 0.355.